The zero-order valence-electron chi connectivity index (χ0n) is 8.06. The van der Waals surface area contributed by atoms with Gasteiger partial charge in [0.15, 0.2) is 0 Å². The number of rotatable bonds is 1. The molecule has 1 nitrogen and oxygen atoms in total. The summed E-state index contributed by atoms with van der Waals surface area (Å²) < 4.78 is 0. The van der Waals surface area contributed by atoms with Gasteiger partial charge in [0, 0.05) is 22.6 Å². The fourth-order valence-electron chi connectivity index (χ4n) is 2.00. The van der Waals surface area contributed by atoms with Crippen molar-refractivity contribution in [3.8, 4) is 0 Å². The predicted octanol–water partition coefficient (Wildman–Crippen LogP) is 3.46. The lowest BCUT2D eigenvalue weighted by atomic mass is 9.97. The molecule has 0 bridgehead atoms. The van der Waals surface area contributed by atoms with Crippen LogP contribution in [0.5, 0.6) is 0 Å². The van der Waals surface area contributed by atoms with Crippen molar-refractivity contribution in [1.29, 1.82) is 0 Å². The first kappa shape index (κ1) is 10.3. The van der Waals surface area contributed by atoms with Crippen LogP contribution < -0.4 is 5.32 Å². The number of hydrogen-bond donors (Lipinski definition) is 1. The zero-order chi connectivity index (χ0) is 10.1. The van der Waals surface area contributed by atoms with Crippen LogP contribution in [0.15, 0.2) is 18.2 Å². The first-order valence-corrected chi connectivity index (χ1v) is 5.60. The van der Waals surface area contributed by atoms with Crippen molar-refractivity contribution in [2.24, 2.45) is 0 Å². The highest BCUT2D eigenvalue weighted by molar-refractivity contribution is 6.34. The normalized spacial score (nSPS) is 26.8. The molecule has 0 aliphatic carbocycles. The molecule has 0 spiro atoms. The van der Waals surface area contributed by atoms with Gasteiger partial charge in [0.2, 0.25) is 0 Å². The Morgan fingerprint density at radius 1 is 1.21 bits per heavy atom. The first-order chi connectivity index (χ1) is 6.65. The Balaban J connectivity index is 2.23. The van der Waals surface area contributed by atoms with Crippen LogP contribution in [0.4, 0.5) is 0 Å². The molecule has 1 N–H and O–H groups in total. The monoisotopic (exact) mass is 229 g/mol. The summed E-state index contributed by atoms with van der Waals surface area (Å²) in [6.07, 6.45) is 1.16. The largest absolute Gasteiger partial charge is 0.314 e. The summed E-state index contributed by atoms with van der Waals surface area (Å²) in [5, 5.41) is 4.88. The van der Waals surface area contributed by atoms with Gasteiger partial charge in [0.05, 0.1) is 0 Å². The maximum atomic E-state index is 5.96. The minimum Gasteiger partial charge on any atom is -0.314 e. The van der Waals surface area contributed by atoms with Gasteiger partial charge in [-0.2, -0.15) is 0 Å². The zero-order valence-corrected chi connectivity index (χ0v) is 9.57. The second-order valence-electron chi connectivity index (χ2n) is 3.94. The van der Waals surface area contributed by atoms with Crippen LogP contribution in [0.1, 0.15) is 24.8 Å². The van der Waals surface area contributed by atoms with E-state index in [4.69, 9.17) is 23.2 Å². The van der Waals surface area contributed by atoms with Crippen molar-refractivity contribution >= 4 is 23.2 Å². The maximum Gasteiger partial charge on any atom is 0.0423 e. The molecule has 0 aromatic heterocycles. The van der Waals surface area contributed by atoms with Gasteiger partial charge in [0.25, 0.3) is 0 Å². The van der Waals surface area contributed by atoms with Gasteiger partial charge in [-0.1, -0.05) is 23.2 Å². The molecule has 1 fully saturated rings. The molecule has 1 heterocycles. The predicted molar refractivity (Wildman–Crippen MR) is 61.3 cm³/mol. The lowest BCUT2D eigenvalue weighted by molar-refractivity contribution is 0.658. The van der Waals surface area contributed by atoms with Gasteiger partial charge in [-0.05, 0) is 43.0 Å². The lowest BCUT2D eigenvalue weighted by Gasteiger charge is -2.09. The van der Waals surface area contributed by atoms with Gasteiger partial charge in [-0.3, -0.25) is 0 Å². The number of benzene rings is 1. The standard InChI is InChI=1S/C11H13Cl2N/c1-7-2-9(6-14-7)8-3-10(12)5-11(13)4-8/h3-5,7,9,14H,2,6H2,1H3. The molecule has 0 radical (unpaired) electrons. The van der Waals surface area contributed by atoms with Gasteiger partial charge >= 0.3 is 0 Å². The van der Waals surface area contributed by atoms with E-state index in [0.717, 1.165) is 23.0 Å². The molecule has 2 atom stereocenters. The van der Waals surface area contributed by atoms with E-state index >= 15 is 0 Å². The van der Waals surface area contributed by atoms with Crippen LogP contribution in [0.25, 0.3) is 0 Å². The van der Waals surface area contributed by atoms with Crippen LogP contribution in [0.2, 0.25) is 10.0 Å². The minimum absolute atomic E-state index is 0.557. The molecule has 1 saturated heterocycles. The Morgan fingerprint density at radius 2 is 1.86 bits per heavy atom. The van der Waals surface area contributed by atoms with Gasteiger partial charge in [-0.25, -0.2) is 0 Å². The summed E-state index contributed by atoms with van der Waals surface area (Å²) in [4.78, 5) is 0. The van der Waals surface area contributed by atoms with Crippen molar-refractivity contribution in [1.82, 2.24) is 5.32 Å². The molecule has 1 aliphatic rings. The fourth-order valence-corrected chi connectivity index (χ4v) is 2.54. The Kier molecular flexibility index (Phi) is 3.01. The molecule has 0 amide bonds. The van der Waals surface area contributed by atoms with Crippen molar-refractivity contribution in [2.75, 3.05) is 6.54 Å². The van der Waals surface area contributed by atoms with E-state index in [9.17, 15) is 0 Å². The number of hydrogen-bond acceptors (Lipinski definition) is 1. The van der Waals surface area contributed by atoms with E-state index in [1.54, 1.807) is 6.07 Å². The van der Waals surface area contributed by atoms with Crippen LogP contribution in [0.3, 0.4) is 0 Å². The highest BCUT2D eigenvalue weighted by Crippen LogP contribution is 2.29. The highest BCUT2D eigenvalue weighted by Gasteiger charge is 2.22. The van der Waals surface area contributed by atoms with E-state index in [1.807, 2.05) is 12.1 Å². The molecule has 76 valence electrons. The molecular formula is C11H13Cl2N. The van der Waals surface area contributed by atoms with E-state index in [-0.39, 0.29) is 0 Å². The van der Waals surface area contributed by atoms with Crippen molar-refractivity contribution in [3.63, 3.8) is 0 Å². The minimum atomic E-state index is 0.557. The van der Waals surface area contributed by atoms with Crippen LogP contribution in [0, 0.1) is 0 Å². The fraction of sp³-hybridized carbons (Fsp3) is 0.455. The second kappa shape index (κ2) is 4.09. The topological polar surface area (TPSA) is 12.0 Å². The highest BCUT2D eigenvalue weighted by atomic mass is 35.5. The number of nitrogens with one attached hydrogen (secondary N) is 1. The Hall–Kier alpha value is -0.240. The molecule has 0 saturated carbocycles. The van der Waals surface area contributed by atoms with Crippen LogP contribution >= 0.6 is 23.2 Å². The third-order valence-corrected chi connectivity index (χ3v) is 3.14. The van der Waals surface area contributed by atoms with Crippen molar-refractivity contribution in [2.45, 2.75) is 25.3 Å². The third-order valence-electron chi connectivity index (χ3n) is 2.71. The SMILES string of the molecule is CC1CC(c2cc(Cl)cc(Cl)c2)CN1. The summed E-state index contributed by atoms with van der Waals surface area (Å²) in [7, 11) is 0. The van der Waals surface area contributed by atoms with Crippen LogP contribution in [-0.2, 0) is 0 Å². The van der Waals surface area contributed by atoms with E-state index in [2.05, 4.69) is 12.2 Å². The molecule has 14 heavy (non-hydrogen) atoms. The van der Waals surface area contributed by atoms with Crippen molar-refractivity contribution in [3.05, 3.63) is 33.8 Å². The van der Waals surface area contributed by atoms with Gasteiger partial charge in [-0.15, -0.1) is 0 Å². The molecule has 3 heteroatoms. The second-order valence-corrected chi connectivity index (χ2v) is 4.82. The summed E-state index contributed by atoms with van der Waals surface area (Å²) >= 11 is 11.9. The van der Waals surface area contributed by atoms with Crippen LogP contribution in [-0.4, -0.2) is 12.6 Å². The molecule has 2 rings (SSSR count). The van der Waals surface area contributed by atoms with E-state index in [0.29, 0.717) is 12.0 Å². The summed E-state index contributed by atoms with van der Waals surface area (Å²) in [5.41, 5.74) is 1.25. The first-order valence-electron chi connectivity index (χ1n) is 4.84. The Morgan fingerprint density at radius 3 is 2.36 bits per heavy atom. The Labute approximate surface area is 94.4 Å². The van der Waals surface area contributed by atoms with Gasteiger partial charge in [0.1, 0.15) is 0 Å². The van der Waals surface area contributed by atoms with E-state index < -0.39 is 0 Å². The average molecular weight is 230 g/mol. The quantitative estimate of drug-likeness (QED) is 0.778. The third kappa shape index (κ3) is 2.22. The Bertz CT molecular complexity index is 318. The van der Waals surface area contributed by atoms with Crippen molar-refractivity contribution < 1.29 is 0 Å². The lowest BCUT2D eigenvalue weighted by Crippen LogP contribution is -2.16. The average Bonchev–Trinajstić information content (AvgIpc) is 2.50. The molecule has 2 unspecified atom stereocenters. The van der Waals surface area contributed by atoms with Gasteiger partial charge < -0.3 is 5.32 Å². The number of halogens is 2. The summed E-state index contributed by atoms with van der Waals surface area (Å²) in [6.45, 7) is 3.23. The molecule has 1 aliphatic heterocycles. The molecule has 1 aromatic rings. The molecule has 1 aromatic carbocycles. The van der Waals surface area contributed by atoms with E-state index in [1.165, 1.54) is 5.56 Å². The summed E-state index contributed by atoms with van der Waals surface area (Å²) in [5.74, 6) is 0.557. The smallest absolute Gasteiger partial charge is 0.0423 e. The molecular weight excluding hydrogens is 217 g/mol. The maximum absolute atomic E-state index is 5.96. The summed E-state index contributed by atoms with van der Waals surface area (Å²) in [6, 6.07) is 6.39.